The van der Waals surface area contributed by atoms with E-state index >= 15 is 0 Å². The molecule has 0 spiro atoms. The maximum absolute atomic E-state index is 9.02. The predicted molar refractivity (Wildman–Crippen MR) is 67.2 cm³/mol. The Labute approximate surface area is 108 Å². The molecule has 0 saturated carbocycles. The molecule has 2 N–H and O–H groups in total. The summed E-state index contributed by atoms with van der Waals surface area (Å²) in [5.41, 5.74) is 0.858. The van der Waals surface area contributed by atoms with E-state index in [1.807, 2.05) is 12.1 Å². The fourth-order valence-corrected chi connectivity index (χ4v) is 1.77. The van der Waals surface area contributed by atoms with Crippen LogP contribution in [-0.4, -0.2) is 18.3 Å². The fourth-order valence-electron chi connectivity index (χ4n) is 1.26. The van der Waals surface area contributed by atoms with Crippen LogP contribution < -0.4 is 5.32 Å². The van der Waals surface area contributed by atoms with Gasteiger partial charge in [-0.25, -0.2) is 0 Å². The molecule has 3 nitrogen and oxygen atoms in total. The number of halogens is 2. The van der Waals surface area contributed by atoms with Gasteiger partial charge in [-0.2, -0.15) is 5.26 Å². The minimum atomic E-state index is -0.375. The number of nitrogens with zero attached hydrogens (tertiary/aromatic N) is 1. The van der Waals surface area contributed by atoms with Gasteiger partial charge in [-0.1, -0.05) is 17.7 Å². The normalized spacial score (nSPS) is 12.1. The molecule has 1 aromatic carbocycles. The molecular formula is C11H12BrClN2O. The van der Waals surface area contributed by atoms with Crippen molar-refractivity contribution in [3.63, 3.8) is 0 Å². The van der Waals surface area contributed by atoms with Gasteiger partial charge in [-0.3, -0.25) is 5.32 Å². The number of nitriles is 1. The molecule has 16 heavy (non-hydrogen) atoms. The zero-order chi connectivity index (χ0) is 12.0. The molecule has 1 rings (SSSR count). The Hall–Kier alpha value is -0.600. The minimum Gasteiger partial charge on any atom is -0.396 e. The number of hydrogen-bond donors (Lipinski definition) is 2. The molecule has 86 valence electrons. The van der Waals surface area contributed by atoms with E-state index in [1.54, 1.807) is 6.07 Å². The highest BCUT2D eigenvalue weighted by Crippen LogP contribution is 2.25. The topological polar surface area (TPSA) is 56.0 Å². The highest BCUT2D eigenvalue weighted by Gasteiger charge is 2.10. The molecule has 0 saturated heterocycles. The van der Waals surface area contributed by atoms with Crippen LogP contribution in [0.5, 0.6) is 0 Å². The van der Waals surface area contributed by atoms with Crippen molar-refractivity contribution in [2.45, 2.75) is 12.5 Å². The number of benzene rings is 1. The lowest BCUT2D eigenvalue weighted by atomic mass is 10.1. The lowest BCUT2D eigenvalue weighted by Crippen LogP contribution is -2.21. The van der Waals surface area contributed by atoms with E-state index in [0.717, 1.165) is 10.0 Å². The number of aliphatic hydroxyl groups is 1. The standard InChI is InChI=1S/C11H12BrClN2O/c12-9-6-8(2-3-10(9)13)11(7-14)15-4-1-5-16/h2-3,6,11,15-16H,1,4-5H2. The lowest BCUT2D eigenvalue weighted by Gasteiger charge is -2.12. The maximum atomic E-state index is 9.02. The van der Waals surface area contributed by atoms with Gasteiger partial charge in [-0.15, -0.1) is 0 Å². The molecule has 0 radical (unpaired) electrons. The molecule has 0 aromatic heterocycles. The Balaban J connectivity index is 2.72. The molecular weight excluding hydrogens is 291 g/mol. The zero-order valence-electron chi connectivity index (χ0n) is 8.58. The van der Waals surface area contributed by atoms with Gasteiger partial charge in [-0.05, 0) is 46.6 Å². The van der Waals surface area contributed by atoms with Gasteiger partial charge in [0.1, 0.15) is 6.04 Å². The first-order valence-corrected chi connectivity index (χ1v) is 6.05. The molecule has 1 aromatic rings. The molecule has 0 aliphatic rings. The van der Waals surface area contributed by atoms with E-state index in [4.69, 9.17) is 22.0 Å². The van der Waals surface area contributed by atoms with Crippen LogP contribution in [0.3, 0.4) is 0 Å². The van der Waals surface area contributed by atoms with Crippen LogP contribution in [-0.2, 0) is 0 Å². The Morgan fingerprint density at radius 3 is 2.88 bits per heavy atom. The van der Waals surface area contributed by atoms with Crippen molar-refractivity contribution in [1.82, 2.24) is 5.32 Å². The average molecular weight is 304 g/mol. The summed E-state index contributed by atoms with van der Waals surface area (Å²) in [6.07, 6.45) is 0.632. The Morgan fingerprint density at radius 2 is 2.31 bits per heavy atom. The third-order valence-corrected chi connectivity index (χ3v) is 3.30. The lowest BCUT2D eigenvalue weighted by molar-refractivity contribution is 0.285. The first kappa shape index (κ1) is 13.5. The Morgan fingerprint density at radius 1 is 1.56 bits per heavy atom. The number of nitrogens with one attached hydrogen (secondary N) is 1. The summed E-state index contributed by atoms with van der Waals surface area (Å²) in [6.45, 7) is 0.727. The van der Waals surface area contributed by atoms with Crippen LogP contribution in [0.2, 0.25) is 5.02 Å². The SMILES string of the molecule is N#CC(NCCCO)c1ccc(Cl)c(Br)c1. The average Bonchev–Trinajstić information content (AvgIpc) is 2.29. The van der Waals surface area contributed by atoms with Gasteiger partial charge in [0.05, 0.1) is 11.1 Å². The second-order valence-corrected chi connectivity index (χ2v) is 4.53. The maximum Gasteiger partial charge on any atom is 0.121 e. The molecule has 5 heteroatoms. The minimum absolute atomic E-state index is 0.120. The highest BCUT2D eigenvalue weighted by atomic mass is 79.9. The van der Waals surface area contributed by atoms with Crippen LogP contribution in [0.25, 0.3) is 0 Å². The van der Waals surface area contributed by atoms with Gasteiger partial charge < -0.3 is 5.11 Å². The molecule has 1 unspecified atom stereocenters. The van der Waals surface area contributed by atoms with Crippen molar-refractivity contribution >= 4 is 27.5 Å². The molecule has 1 atom stereocenters. The van der Waals surface area contributed by atoms with Crippen LogP contribution in [0, 0.1) is 11.3 Å². The number of rotatable bonds is 5. The van der Waals surface area contributed by atoms with Gasteiger partial charge in [0.25, 0.3) is 0 Å². The highest BCUT2D eigenvalue weighted by molar-refractivity contribution is 9.10. The molecule has 0 bridgehead atoms. The van der Waals surface area contributed by atoms with E-state index in [9.17, 15) is 0 Å². The Kier molecular flexibility index (Phi) is 5.78. The van der Waals surface area contributed by atoms with Crippen molar-refractivity contribution in [1.29, 1.82) is 5.26 Å². The van der Waals surface area contributed by atoms with E-state index < -0.39 is 0 Å². The van der Waals surface area contributed by atoms with Crippen molar-refractivity contribution in [3.05, 3.63) is 33.3 Å². The number of hydrogen-bond acceptors (Lipinski definition) is 3. The summed E-state index contributed by atoms with van der Waals surface area (Å²) in [5, 5.41) is 21.3. The summed E-state index contributed by atoms with van der Waals surface area (Å²) < 4.78 is 0.774. The summed E-state index contributed by atoms with van der Waals surface area (Å²) in [5.74, 6) is 0. The smallest absolute Gasteiger partial charge is 0.121 e. The van der Waals surface area contributed by atoms with Crippen molar-refractivity contribution < 1.29 is 5.11 Å². The quantitative estimate of drug-likeness (QED) is 0.822. The van der Waals surface area contributed by atoms with Crippen molar-refractivity contribution in [2.24, 2.45) is 0 Å². The third kappa shape index (κ3) is 3.76. The largest absolute Gasteiger partial charge is 0.396 e. The van der Waals surface area contributed by atoms with E-state index in [2.05, 4.69) is 27.3 Å². The molecule has 0 fully saturated rings. The van der Waals surface area contributed by atoms with Crippen molar-refractivity contribution in [3.8, 4) is 6.07 Å². The molecule has 0 aliphatic heterocycles. The van der Waals surface area contributed by atoms with Gasteiger partial charge in [0.15, 0.2) is 0 Å². The van der Waals surface area contributed by atoms with E-state index in [1.165, 1.54) is 0 Å². The van der Waals surface area contributed by atoms with Crippen LogP contribution in [0.1, 0.15) is 18.0 Å². The monoisotopic (exact) mass is 302 g/mol. The summed E-state index contributed by atoms with van der Waals surface area (Å²) in [4.78, 5) is 0. The second-order valence-electron chi connectivity index (χ2n) is 3.27. The van der Waals surface area contributed by atoms with Gasteiger partial charge in [0, 0.05) is 11.1 Å². The molecule has 0 heterocycles. The second kappa shape index (κ2) is 6.87. The molecule has 0 aliphatic carbocycles. The fraction of sp³-hybridized carbons (Fsp3) is 0.364. The first-order valence-electron chi connectivity index (χ1n) is 4.88. The number of aliphatic hydroxyl groups excluding tert-OH is 1. The Bertz CT molecular complexity index is 392. The van der Waals surface area contributed by atoms with Gasteiger partial charge in [0.2, 0.25) is 0 Å². The predicted octanol–water partition coefficient (Wildman–Crippen LogP) is 2.64. The summed E-state index contributed by atoms with van der Waals surface area (Å²) >= 11 is 9.19. The van der Waals surface area contributed by atoms with E-state index in [-0.39, 0.29) is 12.6 Å². The van der Waals surface area contributed by atoms with Crippen molar-refractivity contribution in [2.75, 3.05) is 13.2 Å². The summed E-state index contributed by atoms with van der Waals surface area (Å²) in [6, 6.07) is 7.18. The van der Waals surface area contributed by atoms with Gasteiger partial charge >= 0.3 is 0 Å². The molecule has 0 amide bonds. The van der Waals surface area contributed by atoms with Crippen LogP contribution in [0.4, 0.5) is 0 Å². The van der Waals surface area contributed by atoms with E-state index in [0.29, 0.717) is 18.0 Å². The zero-order valence-corrected chi connectivity index (χ0v) is 10.9. The first-order chi connectivity index (χ1) is 7.69. The third-order valence-electron chi connectivity index (χ3n) is 2.09. The van der Waals surface area contributed by atoms with Crippen LogP contribution >= 0.6 is 27.5 Å². The van der Waals surface area contributed by atoms with Crippen LogP contribution in [0.15, 0.2) is 22.7 Å². The summed E-state index contributed by atoms with van der Waals surface area (Å²) in [7, 11) is 0.